The van der Waals surface area contributed by atoms with E-state index in [1.807, 2.05) is 19.1 Å². The molecule has 1 atom stereocenters. The standard InChI is InChI=1S/C7H8N4/c1-6(10-11-8)7-3-2-4-9-5-7/h2-6H,1H3/t6-/m0/s1. The zero-order valence-electron chi connectivity index (χ0n) is 6.18. The molecule has 0 amide bonds. The summed E-state index contributed by atoms with van der Waals surface area (Å²) in [5, 5.41) is 3.54. The van der Waals surface area contributed by atoms with Gasteiger partial charge in [-0.25, -0.2) is 0 Å². The fourth-order valence-corrected chi connectivity index (χ4v) is 0.767. The highest BCUT2D eigenvalue weighted by atomic mass is 15.1. The summed E-state index contributed by atoms with van der Waals surface area (Å²) >= 11 is 0. The first-order valence-corrected chi connectivity index (χ1v) is 3.28. The van der Waals surface area contributed by atoms with Gasteiger partial charge >= 0.3 is 0 Å². The van der Waals surface area contributed by atoms with Gasteiger partial charge in [0.05, 0.1) is 6.04 Å². The second-order valence-electron chi connectivity index (χ2n) is 2.17. The monoisotopic (exact) mass is 148 g/mol. The molecule has 0 fully saturated rings. The molecule has 0 aliphatic heterocycles. The second kappa shape index (κ2) is 3.58. The van der Waals surface area contributed by atoms with Gasteiger partial charge in [0.15, 0.2) is 0 Å². The summed E-state index contributed by atoms with van der Waals surface area (Å²) in [6, 6.07) is 3.57. The number of azide groups is 1. The number of aromatic nitrogens is 1. The van der Waals surface area contributed by atoms with Crippen LogP contribution in [0.1, 0.15) is 18.5 Å². The minimum Gasteiger partial charge on any atom is -0.264 e. The number of pyridine rings is 1. The lowest BCUT2D eigenvalue weighted by molar-refractivity contribution is 0.801. The highest BCUT2D eigenvalue weighted by molar-refractivity contribution is 5.12. The summed E-state index contributed by atoms with van der Waals surface area (Å²) in [5.74, 6) is 0. The van der Waals surface area contributed by atoms with Crippen molar-refractivity contribution in [2.75, 3.05) is 0 Å². The van der Waals surface area contributed by atoms with Crippen LogP contribution in [-0.2, 0) is 0 Å². The lowest BCUT2D eigenvalue weighted by Gasteiger charge is -2.01. The summed E-state index contributed by atoms with van der Waals surface area (Å²) in [4.78, 5) is 6.61. The Balaban J connectivity index is 2.84. The van der Waals surface area contributed by atoms with Crippen LogP contribution in [0.25, 0.3) is 10.4 Å². The Morgan fingerprint density at radius 3 is 3.09 bits per heavy atom. The highest BCUT2D eigenvalue weighted by Gasteiger charge is 1.99. The van der Waals surface area contributed by atoms with Crippen LogP contribution in [0.15, 0.2) is 29.6 Å². The highest BCUT2D eigenvalue weighted by Crippen LogP contribution is 2.13. The van der Waals surface area contributed by atoms with E-state index in [0.29, 0.717) is 0 Å². The molecule has 0 bridgehead atoms. The normalized spacial score (nSPS) is 11.7. The van der Waals surface area contributed by atoms with Crippen molar-refractivity contribution < 1.29 is 0 Å². The molecular weight excluding hydrogens is 140 g/mol. The molecule has 0 unspecified atom stereocenters. The topological polar surface area (TPSA) is 61.7 Å². The second-order valence-corrected chi connectivity index (χ2v) is 2.17. The predicted molar refractivity (Wildman–Crippen MR) is 41.8 cm³/mol. The van der Waals surface area contributed by atoms with Gasteiger partial charge in [-0.05, 0) is 17.2 Å². The first kappa shape index (κ1) is 7.57. The molecule has 0 aliphatic rings. The van der Waals surface area contributed by atoms with E-state index < -0.39 is 0 Å². The van der Waals surface area contributed by atoms with Crippen molar-refractivity contribution in [3.05, 3.63) is 40.5 Å². The Kier molecular flexibility index (Phi) is 2.47. The van der Waals surface area contributed by atoms with Crippen molar-refractivity contribution in [1.82, 2.24) is 4.98 Å². The van der Waals surface area contributed by atoms with E-state index in [1.165, 1.54) is 0 Å². The summed E-state index contributed by atoms with van der Waals surface area (Å²) < 4.78 is 0. The molecule has 0 saturated carbocycles. The maximum Gasteiger partial charge on any atom is 0.0612 e. The maximum atomic E-state index is 8.14. The molecule has 0 radical (unpaired) electrons. The van der Waals surface area contributed by atoms with Crippen molar-refractivity contribution in [2.45, 2.75) is 13.0 Å². The van der Waals surface area contributed by atoms with Gasteiger partial charge in [0.2, 0.25) is 0 Å². The minimum absolute atomic E-state index is 0.131. The number of rotatable bonds is 2. The summed E-state index contributed by atoms with van der Waals surface area (Å²) in [6.07, 6.45) is 3.38. The Morgan fingerprint density at radius 2 is 2.55 bits per heavy atom. The molecule has 4 heteroatoms. The van der Waals surface area contributed by atoms with E-state index in [0.717, 1.165) is 5.56 Å². The molecule has 1 heterocycles. The first-order valence-electron chi connectivity index (χ1n) is 3.28. The van der Waals surface area contributed by atoms with Gasteiger partial charge in [-0.2, -0.15) is 0 Å². The van der Waals surface area contributed by atoms with Gasteiger partial charge in [-0.1, -0.05) is 18.1 Å². The van der Waals surface area contributed by atoms with Crippen LogP contribution in [0.5, 0.6) is 0 Å². The molecule has 1 aromatic rings. The Bertz CT molecular complexity index is 263. The fourth-order valence-electron chi connectivity index (χ4n) is 0.767. The van der Waals surface area contributed by atoms with Crippen molar-refractivity contribution in [3.63, 3.8) is 0 Å². The molecule has 1 rings (SSSR count). The molecule has 11 heavy (non-hydrogen) atoms. The fraction of sp³-hybridized carbons (Fsp3) is 0.286. The van der Waals surface area contributed by atoms with Gasteiger partial charge in [-0.15, -0.1) is 0 Å². The molecule has 1 aromatic heterocycles. The molecule has 0 saturated heterocycles. The quantitative estimate of drug-likeness (QED) is 0.361. The molecular formula is C7H8N4. The van der Waals surface area contributed by atoms with E-state index in [9.17, 15) is 0 Å². The van der Waals surface area contributed by atoms with E-state index in [1.54, 1.807) is 12.4 Å². The largest absolute Gasteiger partial charge is 0.264 e. The van der Waals surface area contributed by atoms with Crippen molar-refractivity contribution in [1.29, 1.82) is 0 Å². The zero-order valence-corrected chi connectivity index (χ0v) is 6.18. The van der Waals surface area contributed by atoms with Crippen molar-refractivity contribution in [3.8, 4) is 0 Å². The van der Waals surface area contributed by atoms with Gasteiger partial charge in [0, 0.05) is 17.3 Å². The molecule has 0 N–H and O–H groups in total. The number of hydrogen-bond acceptors (Lipinski definition) is 2. The van der Waals surface area contributed by atoms with Gasteiger partial charge in [0.25, 0.3) is 0 Å². The maximum absolute atomic E-state index is 8.14. The summed E-state index contributed by atoms with van der Waals surface area (Å²) in [5.41, 5.74) is 9.07. The lowest BCUT2D eigenvalue weighted by atomic mass is 10.2. The minimum atomic E-state index is -0.131. The number of hydrogen-bond donors (Lipinski definition) is 0. The van der Waals surface area contributed by atoms with Gasteiger partial charge in [-0.3, -0.25) is 4.98 Å². The Labute approximate surface area is 64.5 Å². The van der Waals surface area contributed by atoms with Crippen LogP contribution in [0.4, 0.5) is 0 Å². The van der Waals surface area contributed by atoms with Crippen LogP contribution >= 0.6 is 0 Å². The summed E-state index contributed by atoms with van der Waals surface area (Å²) in [7, 11) is 0. The molecule has 4 nitrogen and oxygen atoms in total. The van der Waals surface area contributed by atoms with E-state index in [4.69, 9.17) is 5.53 Å². The average molecular weight is 148 g/mol. The smallest absolute Gasteiger partial charge is 0.0612 e. The van der Waals surface area contributed by atoms with Gasteiger partial charge in [0.1, 0.15) is 0 Å². The van der Waals surface area contributed by atoms with Gasteiger partial charge < -0.3 is 0 Å². The van der Waals surface area contributed by atoms with Crippen LogP contribution in [-0.4, -0.2) is 4.98 Å². The zero-order chi connectivity index (χ0) is 8.10. The first-order chi connectivity index (χ1) is 5.34. The van der Waals surface area contributed by atoms with E-state index in [2.05, 4.69) is 15.0 Å². The third-order valence-corrected chi connectivity index (χ3v) is 1.39. The molecule has 0 aliphatic carbocycles. The van der Waals surface area contributed by atoms with Crippen molar-refractivity contribution >= 4 is 0 Å². The molecule has 56 valence electrons. The third kappa shape index (κ3) is 1.95. The summed E-state index contributed by atoms with van der Waals surface area (Å²) in [6.45, 7) is 1.83. The van der Waals surface area contributed by atoms with Crippen LogP contribution in [0.3, 0.4) is 0 Å². The van der Waals surface area contributed by atoms with Crippen LogP contribution in [0, 0.1) is 0 Å². The predicted octanol–water partition coefficient (Wildman–Crippen LogP) is 2.45. The van der Waals surface area contributed by atoms with E-state index in [-0.39, 0.29) is 6.04 Å². The Hall–Kier alpha value is -1.54. The van der Waals surface area contributed by atoms with E-state index >= 15 is 0 Å². The molecule has 0 spiro atoms. The average Bonchev–Trinajstić information content (AvgIpc) is 2.07. The van der Waals surface area contributed by atoms with Crippen molar-refractivity contribution in [2.24, 2.45) is 5.11 Å². The number of nitrogens with zero attached hydrogens (tertiary/aromatic N) is 4. The van der Waals surface area contributed by atoms with Crippen LogP contribution < -0.4 is 0 Å². The lowest BCUT2D eigenvalue weighted by Crippen LogP contribution is -1.87. The SMILES string of the molecule is C[C@H](N=[N+]=[N-])c1cccnc1. The Morgan fingerprint density at radius 1 is 1.73 bits per heavy atom. The third-order valence-electron chi connectivity index (χ3n) is 1.39. The van der Waals surface area contributed by atoms with Crippen LogP contribution in [0.2, 0.25) is 0 Å². The molecule has 0 aromatic carbocycles.